The molecule has 1 aliphatic heterocycles. The molecule has 1 saturated heterocycles. The first-order valence-corrected chi connectivity index (χ1v) is 7.15. The molecule has 3 rings (SSSR count). The summed E-state index contributed by atoms with van der Waals surface area (Å²) in [6.45, 7) is 0.564. The molecule has 7 nitrogen and oxygen atoms in total. The Kier molecular flexibility index (Phi) is 3.86. The van der Waals surface area contributed by atoms with Gasteiger partial charge >= 0.3 is 5.97 Å². The smallest absolute Gasteiger partial charge is 0.305 e. The van der Waals surface area contributed by atoms with Crippen molar-refractivity contribution >= 4 is 11.9 Å². The Hall–Kier alpha value is -2.70. The van der Waals surface area contributed by atoms with E-state index in [0.717, 1.165) is 12.1 Å². The molecule has 1 atom stereocenters. The zero-order chi connectivity index (χ0) is 15.5. The minimum atomic E-state index is -0.891. The van der Waals surface area contributed by atoms with Crippen LogP contribution < -0.4 is 0 Å². The Labute approximate surface area is 127 Å². The van der Waals surface area contributed by atoms with Crippen LogP contribution in [0.5, 0.6) is 0 Å². The number of hydrogen-bond donors (Lipinski definition) is 1. The maximum atomic E-state index is 12.5. The van der Waals surface area contributed by atoms with Gasteiger partial charge in [-0.3, -0.25) is 9.59 Å². The van der Waals surface area contributed by atoms with Crippen molar-refractivity contribution in [2.75, 3.05) is 6.54 Å². The lowest BCUT2D eigenvalue weighted by Crippen LogP contribution is -2.37. The highest BCUT2D eigenvalue weighted by molar-refractivity contribution is 5.92. The van der Waals surface area contributed by atoms with Crippen LogP contribution >= 0.6 is 0 Å². The van der Waals surface area contributed by atoms with Gasteiger partial charge < -0.3 is 10.0 Å². The van der Waals surface area contributed by atoms with E-state index in [0.29, 0.717) is 13.0 Å². The van der Waals surface area contributed by atoms with Crippen molar-refractivity contribution in [2.24, 2.45) is 0 Å². The molecule has 0 aliphatic carbocycles. The van der Waals surface area contributed by atoms with Crippen LogP contribution in [-0.4, -0.2) is 49.5 Å². The van der Waals surface area contributed by atoms with Crippen molar-refractivity contribution in [3.63, 3.8) is 0 Å². The van der Waals surface area contributed by atoms with Gasteiger partial charge in [-0.2, -0.15) is 0 Å². The molecule has 114 valence electrons. The Bertz CT molecular complexity index is 683. The predicted octanol–water partition coefficient (Wildman–Crippen LogP) is 1.35. The molecule has 1 N–H and O–H groups in total. The number of carbonyl (C=O) groups excluding carboxylic acids is 1. The summed E-state index contributed by atoms with van der Waals surface area (Å²) in [6.07, 6.45) is 3.08. The number of likely N-dealkylation sites (tertiary alicyclic amines) is 1. The summed E-state index contributed by atoms with van der Waals surface area (Å²) in [4.78, 5) is 25.0. The highest BCUT2D eigenvalue weighted by atomic mass is 16.4. The molecule has 1 fully saturated rings. The molecular formula is C15H16N4O3. The summed E-state index contributed by atoms with van der Waals surface area (Å²) in [7, 11) is 0. The van der Waals surface area contributed by atoms with E-state index in [2.05, 4.69) is 10.3 Å². The lowest BCUT2D eigenvalue weighted by molar-refractivity contribution is -0.137. The first-order valence-electron chi connectivity index (χ1n) is 7.15. The fourth-order valence-corrected chi connectivity index (χ4v) is 2.73. The summed E-state index contributed by atoms with van der Waals surface area (Å²) < 4.78 is 1.54. The Morgan fingerprint density at radius 1 is 1.27 bits per heavy atom. The third kappa shape index (κ3) is 2.83. The van der Waals surface area contributed by atoms with Gasteiger partial charge in [0.05, 0.1) is 18.3 Å². The minimum absolute atomic E-state index is 0.0292. The zero-order valence-electron chi connectivity index (χ0n) is 11.9. The van der Waals surface area contributed by atoms with Crippen LogP contribution in [0.25, 0.3) is 5.69 Å². The monoisotopic (exact) mass is 300 g/mol. The molecule has 7 heteroatoms. The second kappa shape index (κ2) is 5.97. The number of carboxylic acid groups (broad SMARTS) is 1. The molecule has 1 aromatic heterocycles. The average molecular weight is 300 g/mol. The molecule has 0 spiro atoms. The Morgan fingerprint density at radius 2 is 2.05 bits per heavy atom. The first-order chi connectivity index (χ1) is 10.6. The van der Waals surface area contributed by atoms with Crippen LogP contribution in [0, 0.1) is 0 Å². The number of benzene rings is 1. The van der Waals surface area contributed by atoms with Gasteiger partial charge in [-0.1, -0.05) is 23.4 Å². The molecule has 2 aromatic rings. The molecule has 0 bridgehead atoms. The van der Waals surface area contributed by atoms with Crippen LogP contribution in [0.2, 0.25) is 0 Å². The van der Waals surface area contributed by atoms with Crippen LogP contribution in [0.3, 0.4) is 0 Å². The van der Waals surface area contributed by atoms with Crippen LogP contribution in [0.15, 0.2) is 36.5 Å². The van der Waals surface area contributed by atoms with Crippen LogP contribution in [0.1, 0.15) is 29.8 Å². The summed E-state index contributed by atoms with van der Waals surface area (Å²) in [5, 5.41) is 16.8. The number of amides is 1. The summed E-state index contributed by atoms with van der Waals surface area (Å²) in [5.74, 6) is -1.15. The second-order valence-electron chi connectivity index (χ2n) is 5.28. The standard InChI is InChI=1S/C15H16N4O3/c20-14(21)9-12-7-4-8-18(12)15(22)13-10-19(17-16-13)11-5-2-1-3-6-11/h1-3,5-6,10,12H,4,7-9H2,(H,20,21). The van der Waals surface area contributed by atoms with Crippen molar-refractivity contribution in [3.8, 4) is 5.69 Å². The van der Waals surface area contributed by atoms with Crippen molar-refractivity contribution in [1.82, 2.24) is 19.9 Å². The number of aliphatic carboxylic acids is 1. The van der Waals surface area contributed by atoms with E-state index in [4.69, 9.17) is 5.11 Å². The van der Waals surface area contributed by atoms with Gasteiger partial charge in [0, 0.05) is 12.6 Å². The van der Waals surface area contributed by atoms with Crippen LogP contribution in [0.4, 0.5) is 0 Å². The number of carboxylic acids is 1. The fraction of sp³-hybridized carbons (Fsp3) is 0.333. The number of carbonyl (C=O) groups is 2. The molecule has 1 aromatic carbocycles. The highest BCUT2D eigenvalue weighted by Crippen LogP contribution is 2.22. The van der Waals surface area contributed by atoms with Gasteiger partial charge in [0.1, 0.15) is 0 Å². The highest BCUT2D eigenvalue weighted by Gasteiger charge is 2.32. The van der Waals surface area contributed by atoms with Gasteiger partial charge in [-0.25, -0.2) is 4.68 Å². The van der Waals surface area contributed by atoms with E-state index in [-0.39, 0.29) is 24.1 Å². The molecule has 1 unspecified atom stereocenters. The van der Waals surface area contributed by atoms with Crippen molar-refractivity contribution < 1.29 is 14.7 Å². The van der Waals surface area contributed by atoms with E-state index in [1.54, 1.807) is 11.1 Å². The van der Waals surface area contributed by atoms with Gasteiger partial charge in [0.2, 0.25) is 0 Å². The molecule has 1 aliphatic rings. The summed E-state index contributed by atoms with van der Waals surface area (Å²) in [5.41, 5.74) is 1.05. The van der Waals surface area contributed by atoms with E-state index in [1.165, 1.54) is 4.68 Å². The summed E-state index contributed by atoms with van der Waals surface area (Å²) >= 11 is 0. The van der Waals surface area contributed by atoms with E-state index < -0.39 is 5.97 Å². The van der Waals surface area contributed by atoms with Crippen molar-refractivity contribution in [2.45, 2.75) is 25.3 Å². The molecule has 1 amide bonds. The topological polar surface area (TPSA) is 88.3 Å². The average Bonchev–Trinajstić information content (AvgIpc) is 3.16. The van der Waals surface area contributed by atoms with E-state index in [1.807, 2.05) is 30.3 Å². The van der Waals surface area contributed by atoms with Crippen molar-refractivity contribution in [3.05, 3.63) is 42.2 Å². The number of nitrogens with zero attached hydrogens (tertiary/aromatic N) is 4. The number of para-hydroxylation sites is 1. The van der Waals surface area contributed by atoms with Crippen molar-refractivity contribution in [1.29, 1.82) is 0 Å². The maximum Gasteiger partial charge on any atom is 0.305 e. The lowest BCUT2D eigenvalue weighted by Gasteiger charge is -2.22. The molecular weight excluding hydrogens is 284 g/mol. The lowest BCUT2D eigenvalue weighted by atomic mass is 10.1. The maximum absolute atomic E-state index is 12.5. The van der Waals surface area contributed by atoms with Gasteiger partial charge in [0.15, 0.2) is 5.69 Å². The van der Waals surface area contributed by atoms with Gasteiger partial charge in [0.25, 0.3) is 5.91 Å². The van der Waals surface area contributed by atoms with E-state index >= 15 is 0 Å². The number of aromatic nitrogens is 3. The fourth-order valence-electron chi connectivity index (χ4n) is 2.73. The largest absolute Gasteiger partial charge is 0.481 e. The normalized spacial score (nSPS) is 17.6. The zero-order valence-corrected chi connectivity index (χ0v) is 11.9. The molecule has 22 heavy (non-hydrogen) atoms. The van der Waals surface area contributed by atoms with Gasteiger partial charge in [-0.15, -0.1) is 5.10 Å². The number of rotatable bonds is 4. The Balaban J connectivity index is 1.78. The SMILES string of the molecule is O=C(O)CC1CCCN1C(=O)c1cn(-c2ccccc2)nn1. The first kappa shape index (κ1) is 14.2. The quantitative estimate of drug-likeness (QED) is 0.920. The summed E-state index contributed by atoms with van der Waals surface area (Å²) in [6, 6.07) is 9.13. The van der Waals surface area contributed by atoms with Gasteiger partial charge in [-0.05, 0) is 25.0 Å². The third-order valence-corrected chi connectivity index (χ3v) is 3.78. The second-order valence-corrected chi connectivity index (χ2v) is 5.28. The molecule has 0 saturated carbocycles. The minimum Gasteiger partial charge on any atom is -0.481 e. The Morgan fingerprint density at radius 3 is 2.77 bits per heavy atom. The van der Waals surface area contributed by atoms with Crippen LogP contribution in [-0.2, 0) is 4.79 Å². The third-order valence-electron chi connectivity index (χ3n) is 3.78. The predicted molar refractivity (Wildman–Crippen MR) is 77.7 cm³/mol. The van der Waals surface area contributed by atoms with E-state index in [9.17, 15) is 9.59 Å². The molecule has 2 heterocycles. The molecule has 0 radical (unpaired) electrons. The number of hydrogen-bond acceptors (Lipinski definition) is 4.